The van der Waals surface area contributed by atoms with E-state index in [1.54, 1.807) is 0 Å². The molecule has 14 heavy (non-hydrogen) atoms. The third kappa shape index (κ3) is 3.20. The maximum absolute atomic E-state index is 11.2. The van der Waals surface area contributed by atoms with Crippen LogP contribution in [0, 0.1) is 5.92 Å². The van der Waals surface area contributed by atoms with Crippen molar-refractivity contribution in [2.24, 2.45) is 5.92 Å². The van der Waals surface area contributed by atoms with E-state index in [1.807, 2.05) is 6.92 Å². The molecule has 1 aromatic heterocycles. The second-order valence-corrected chi connectivity index (χ2v) is 3.71. The van der Waals surface area contributed by atoms with Gasteiger partial charge >= 0.3 is 0 Å². The molecule has 0 aromatic carbocycles. The quantitative estimate of drug-likeness (QED) is 0.763. The summed E-state index contributed by atoms with van der Waals surface area (Å²) in [5.74, 6) is 1.11. The van der Waals surface area contributed by atoms with Crippen molar-refractivity contribution in [1.82, 2.24) is 9.97 Å². The summed E-state index contributed by atoms with van der Waals surface area (Å²) in [6.45, 7) is 7.01. The maximum atomic E-state index is 11.2. The van der Waals surface area contributed by atoms with Crippen molar-refractivity contribution >= 4 is 5.95 Å². The van der Waals surface area contributed by atoms with Gasteiger partial charge in [-0.15, -0.1) is 0 Å². The van der Waals surface area contributed by atoms with Gasteiger partial charge in [0.05, 0.1) is 0 Å². The molecule has 1 aromatic rings. The van der Waals surface area contributed by atoms with Crippen LogP contribution in [0.25, 0.3) is 0 Å². The van der Waals surface area contributed by atoms with Gasteiger partial charge in [-0.3, -0.25) is 9.78 Å². The third-order valence-electron chi connectivity index (χ3n) is 1.83. The third-order valence-corrected chi connectivity index (χ3v) is 1.83. The number of nitrogens with zero attached hydrogens (tertiary/aromatic N) is 1. The molecule has 1 heterocycles. The minimum absolute atomic E-state index is 0.0943. The van der Waals surface area contributed by atoms with Crippen molar-refractivity contribution in [3.63, 3.8) is 0 Å². The molecule has 78 valence electrons. The van der Waals surface area contributed by atoms with Gasteiger partial charge in [0.25, 0.3) is 5.56 Å². The first-order valence-electron chi connectivity index (χ1n) is 4.96. The van der Waals surface area contributed by atoms with E-state index >= 15 is 0 Å². The second kappa shape index (κ2) is 4.79. The molecule has 0 saturated carbocycles. The van der Waals surface area contributed by atoms with Crippen LogP contribution in [-0.2, 0) is 6.42 Å². The lowest BCUT2D eigenvalue weighted by Crippen LogP contribution is -2.16. The lowest BCUT2D eigenvalue weighted by molar-refractivity contribution is 0.683. The molecule has 0 fully saturated rings. The van der Waals surface area contributed by atoms with E-state index in [0.717, 1.165) is 18.7 Å². The van der Waals surface area contributed by atoms with Crippen LogP contribution < -0.4 is 10.9 Å². The lowest BCUT2D eigenvalue weighted by Gasteiger charge is -2.08. The number of rotatable bonds is 4. The predicted octanol–water partition coefficient (Wildman–Crippen LogP) is 1.40. The van der Waals surface area contributed by atoms with Gasteiger partial charge in [0.2, 0.25) is 5.95 Å². The molecule has 1 rings (SSSR count). The zero-order chi connectivity index (χ0) is 10.6. The molecule has 0 saturated heterocycles. The van der Waals surface area contributed by atoms with Crippen LogP contribution in [-0.4, -0.2) is 16.5 Å². The van der Waals surface area contributed by atoms with Crippen molar-refractivity contribution in [2.45, 2.75) is 27.2 Å². The van der Waals surface area contributed by atoms with Gasteiger partial charge in [-0.05, 0) is 12.3 Å². The number of aromatic amines is 1. The Morgan fingerprint density at radius 3 is 2.86 bits per heavy atom. The highest BCUT2D eigenvalue weighted by Gasteiger charge is 1.99. The van der Waals surface area contributed by atoms with E-state index < -0.39 is 0 Å². The largest absolute Gasteiger partial charge is 0.355 e. The van der Waals surface area contributed by atoms with Gasteiger partial charge in [-0.25, -0.2) is 4.98 Å². The zero-order valence-electron chi connectivity index (χ0n) is 8.92. The van der Waals surface area contributed by atoms with E-state index in [9.17, 15) is 4.79 Å². The molecule has 0 amide bonds. The smallest absolute Gasteiger partial charge is 0.252 e. The Kier molecular flexibility index (Phi) is 3.68. The Morgan fingerprint density at radius 2 is 2.29 bits per heavy atom. The summed E-state index contributed by atoms with van der Waals surface area (Å²) in [5, 5.41) is 3.09. The fourth-order valence-corrected chi connectivity index (χ4v) is 1.07. The van der Waals surface area contributed by atoms with Crippen molar-refractivity contribution in [3.8, 4) is 0 Å². The summed E-state index contributed by atoms with van der Waals surface area (Å²) < 4.78 is 0. The van der Waals surface area contributed by atoms with Crippen LogP contribution in [0.2, 0.25) is 0 Å². The number of anilines is 1. The SMILES string of the molecule is CCc1cc(=O)[nH]c(NCC(C)C)n1. The maximum Gasteiger partial charge on any atom is 0.252 e. The summed E-state index contributed by atoms with van der Waals surface area (Å²) >= 11 is 0. The van der Waals surface area contributed by atoms with Crippen molar-refractivity contribution in [3.05, 3.63) is 22.1 Å². The molecule has 0 aliphatic rings. The summed E-state index contributed by atoms with van der Waals surface area (Å²) in [6, 6.07) is 1.53. The topological polar surface area (TPSA) is 57.8 Å². The molecule has 0 unspecified atom stereocenters. The average molecular weight is 195 g/mol. The fraction of sp³-hybridized carbons (Fsp3) is 0.600. The minimum Gasteiger partial charge on any atom is -0.355 e. The summed E-state index contributed by atoms with van der Waals surface area (Å²) in [5.41, 5.74) is 0.725. The van der Waals surface area contributed by atoms with Crippen LogP contribution in [0.3, 0.4) is 0 Å². The average Bonchev–Trinajstić information content (AvgIpc) is 2.14. The van der Waals surface area contributed by atoms with Crippen LogP contribution in [0.4, 0.5) is 5.95 Å². The first kappa shape index (κ1) is 10.8. The van der Waals surface area contributed by atoms with Crippen molar-refractivity contribution in [1.29, 1.82) is 0 Å². The number of hydrogen-bond donors (Lipinski definition) is 2. The van der Waals surface area contributed by atoms with Gasteiger partial charge in [-0.1, -0.05) is 20.8 Å². The summed E-state index contributed by atoms with van der Waals surface area (Å²) in [4.78, 5) is 18.1. The van der Waals surface area contributed by atoms with Crippen LogP contribution >= 0.6 is 0 Å². The van der Waals surface area contributed by atoms with Crippen LogP contribution in [0.5, 0.6) is 0 Å². The number of H-pyrrole nitrogens is 1. The van der Waals surface area contributed by atoms with E-state index in [2.05, 4.69) is 29.1 Å². The molecular formula is C10H17N3O. The van der Waals surface area contributed by atoms with Gasteiger partial charge < -0.3 is 5.32 Å². The van der Waals surface area contributed by atoms with Gasteiger partial charge in [0, 0.05) is 18.3 Å². The van der Waals surface area contributed by atoms with E-state index in [1.165, 1.54) is 6.07 Å². The molecule has 0 spiro atoms. The lowest BCUT2D eigenvalue weighted by atomic mass is 10.2. The van der Waals surface area contributed by atoms with Gasteiger partial charge in [0.1, 0.15) is 0 Å². The molecule has 0 aliphatic carbocycles. The highest BCUT2D eigenvalue weighted by Crippen LogP contribution is 1.99. The molecule has 0 radical (unpaired) electrons. The Labute approximate surface area is 83.8 Å². The molecule has 4 heteroatoms. The fourth-order valence-electron chi connectivity index (χ4n) is 1.07. The van der Waals surface area contributed by atoms with E-state index in [-0.39, 0.29) is 5.56 Å². The molecule has 0 atom stereocenters. The Balaban J connectivity index is 2.76. The molecule has 0 aliphatic heterocycles. The Morgan fingerprint density at radius 1 is 1.57 bits per heavy atom. The van der Waals surface area contributed by atoms with Gasteiger partial charge in [0.15, 0.2) is 0 Å². The second-order valence-electron chi connectivity index (χ2n) is 3.71. The molecular weight excluding hydrogens is 178 g/mol. The highest BCUT2D eigenvalue weighted by atomic mass is 16.1. The predicted molar refractivity (Wildman–Crippen MR) is 57.6 cm³/mol. The molecule has 2 N–H and O–H groups in total. The van der Waals surface area contributed by atoms with Crippen molar-refractivity contribution < 1.29 is 0 Å². The van der Waals surface area contributed by atoms with Gasteiger partial charge in [-0.2, -0.15) is 0 Å². The van der Waals surface area contributed by atoms with Crippen LogP contribution in [0.15, 0.2) is 10.9 Å². The first-order chi connectivity index (χ1) is 6.61. The van der Waals surface area contributed by atoms with Crippen LogP contribution in [0.1, 0.15) is 26.5 Å². The summed E-state index contributed by atoms with van der Waals surface area (Å²) in [6.07, 6.45) is 0.778. The van der Waals surface area contributed by atoms with E-state index in [4.69, 9.17) is 0 Å². The number of aryl methyl sites for hydroxylation is 1. The number of hydrogen-bond acceptors (Lipinski definition) is 3. The monoisotopic (exact) mass is 195 g/mol. The standard InChI is InChI=1S/C10H17N3O/c1-4-8-5-9(14)13-10(12-8)11-6-7(2)3/h5,7H,4,6H2,1-3H3,(H2,11,12,13,14). The Bertz CT molecular complexity index is 343. The number of nitrogens with one attached hydrogen (secondary N) is 2. The minimum atomic E-state index is -0.0943. The first-order valence-corrected chi connectivity index (χ1v) is 4.96. The van der Waals surface area contributed by atoms with E-state index in [0.29, 0.717) is 11.9 Å². The molecule has 4 nitrogen and oxygen atoms in total. The normalized spacial score (nSPS) is 10.6. The van der Waals surface area contributed by atoms with Crippen molar-refractivity contribution in [2.75, 3.05) is 11.9 Å². The number of aromatic nitrogens is 2. The highest BCUT2D eigenvalue weighted by molar-refractivity contribution is 5.24. The Hall–Kier alpha value is -1.32. The summed E-state index contributed by atoms with van der Waals surface area (Å²) in [7, 11) is 0. The zero-order valence-corrected chi connectivity index (χ0v) is 8.92. The molecule has 0 bridgehead atoms.